The molecule has 10 nitrogen and oxygen atoms in total. The molecule has 2 aromatic carbocycles. The van der Waals surface area contributed by atoms with Gasteiger partial charge in [0, 0.05) is 24.3 Å². The van der Waals surface area contributed by atoms with Crippen molar-refractivity contribution >= 4 is 39.9 Å². The van der Waals surface area contributed by atoms with Crippen LogP contribution in [0.4, 0.5) is 11.4 Å². The van der Waals surface area contributed by atoms with E-state index in [1.54, 1.807) is 42.6 Å². The molecule has 0 radical (unpaired) electrons. The van der Waals surface area contributed by atoms with Crippen molar-refractivity contribution in [3.63, 3.8) is 0 Å². The number of rotatable bonds is 6. The van der Waals surface area contributed by atoms with Gasteiger partial charge in [-0.3, -0.25) is 4.79 Å². The molecule has 11 heteroatoms. The van der Waals surface area contributed by atoms with Crippen molar-refractivity contribution in [1.29, 1.82) is 0 Å². The molecule has 0 spiro atoms. The summed E-state index contributed by atoms with van der Waals surface area (Å²) in [5.74, 6) is 0.232. The number of anilines is 2. The van der Waals surface area contributed by atoms with Gasteiger partial charge in [0.05, 0.1) is 24.6 Å². The van der Waals surface area contributed by atoms with Gasteiger partial charge >= 0.3 is 0 Å². The number of fused-ring (bicyclic) bond motifs is 1. The fourth-order valence-corrected chi connectivity index (χ4v) is 3.63. The Morgan fingerprint density at radius 1 is 1.12 bits per heavy atom. The Bertz CT molecular complexity index is 1250. The second kappa shape index (κ2) is 8.85. The number of carbonyl (C=O) groups is 1. The molecule has 1 fully saturated rings. The molecule has 1 saturated heterocycles. The first-order valence-corrected chi connectivity index (χ1v) is 10.4. The van der Waals surface area contributed by atoms with E-state index in [0.29, 0.717) is 40.7 Å². The van der Waals surface area contributed by atoms with Gasteiger partial charge in [0.15, 0.2) is 23.5 Å². The van der Waals surface area contributed by atoms with Crippen LogP contribution in [0, 0.1) is 0 Å². The van der Waals surface area contributed by atoms with E-state index in [1.165, 1.54) is 4.68 Å². The lowest BCUT2D eigenvalue weighted by atomic mass is 10.2. The van der Waals surface area contributed by atoms with E-state index in [0.717, 1.165) is 18.8 Å². The van der Waals surface area contributed by atoms with Crippen molar-refractivity contribution in [3.05, 3.63) is 59.4 Å². The van der Waals surface area contributed by atoms with Gasteiger partial charge in [-0.2, -0.15) is 5.10 Å². The van der Waals surface area contributed by atoms with Crippen molar-refractivity contribution in [2.24, 2.45) is 0 Å². The number of hydrogen-bond donors (Lipinski definition) is 1. The summed E-state index contributed by atoms with van der Waals surface area (Å²) in [5.41, 5.74) is 2.69. The fourth-order valence-electron chi connectivity index (χ4n) is 3.45. The van der Waals surface area contributed by atoms with Gasteiger partial charge in [0.25, 0.3) is 5.91 Å². The zero-order chi connectivity index (χ0) is 21.9. The maximum absolute atomic E-state index is 12.7. The van der Waals surface area contributed by atoms with Crippen molar-refractivity contribution < 1.29 is 18.9 Å². The molecule has 32 heavy (non-hydrogen) atoms. The topological polar surface area (TPSA) is 108 Å². The first-order chi connectivity index (χ1) is 15.7. The maximum atomic E-state index is 12.7. The lowest BCUT2D eigenvalue weighted by Crippen LogP contribution is -2.36. The highest BCUT2D eigenvalue weighted by molar-refractivity contribution is 6.30. The Balaban J connectivity index is 1.28. The minimum Gasteiger partial charge on any atom is -0.471 e. The van der Waals surface area contributed by atoms with E-state index in [2.05, 4.69) is 25.6 Å². The van der Waals surface area contributed by atoms with E-state index >= 15 is 0 Å². The van der Waals surface area contributed by atoms with Gasteiger partial charge in [-0.15, -0.1) is 0 Å². The van der Waals surface area contributed by atoms with E-state index in [4.69, 9.17) is 25.7 Å². The van der Waals surface area contributed by atoms with Gasteiger partial charge in [0.2, 0.25) is 0 Å². The molecule has 164 valence electrons. The summed E-state index contributed by atoms with van der Waals surface area (Å²) in [6.07, 6.45) is 1.66. The van der Waals surface area contributed by atoms with Crippen LogP contribution >= 0.6 is 11.6 Å². The molecule has 3 heterocycles. The number of nitrogens with one attached hydrogen (secondary N) is 1. The highest BCUT2D eigenvalue weighted by Gasteiger charge is 2.20. The lowest BCUT2D eigenvalue weighted by molar-refractivity contribution is 0.102. The zero-order valence-corrected chi connectivity index (χ0v) is 17.7. The molecule has 0 aliphatic carbocycles. The Labute approximate surface area is 187 Å². The summed E-state index contributed by atoms with van der Waals surface area (Å²) in [6, 6.07) is 12.3. The normalized spacial score (nSPS) is 14.0. The van der Waals surface area contributed by atoms with Crippen LogP contribution in [0.15, 0.2) is 53.3 Å². The van der Waals surface area contributed by atoms with Gasteiger partial charge in [-0.1, -0.05) is 17.7 Å². The molecule has 0 unspecified atom stereocenters. The van der Waals surface area contributed by atoms with Crippen LogP contribution in [0.1, 0.15) is 10.5 Å². The lowest BCUT2D eigenvalue weighted by Gasteiger charge is -2.28. The number of nitrogens with zero attached hydrogens (tertiary/aromatic N) is 5. The number of benzene rings is 2. The first kappa shape index (κ1) is 20.3. The number of aromatic nitrogens is 4. The highest BCUT2D eigenvalue weighted by atomic mass is 35.5. The van der Waals surface area contributed by atoms with Crippen LogP contribution in [0.3, 0.4) is 0 Å². The van der Waals surface area contributed by atoms with E-state index in [9.17, 15) is 4.79 Å². The summed E-state index contributed by atoms with van der Waals surface area (Å²) in [6.45, 7) is 2.94. The molecule has 2 aromatic heterocycles. The third-order valence-corrected chi connectivity index (χ3v) is 5.26. The molecule has 1 aliphatic heterocycles. The Morgan fingerprint density at radius 3 is 2.81 bits per heavy atom. The SMILES string of the molecule is O=C(Nc1ccc(N2CCOCC2)c2nonc12)c1ccn(COc2cccc(Cl)c2)n1. The minimum atomic E-state index is -0.380. The average Bonchev–Trinajstić information content (AvgIpc) is 3.49. The smallest absolute Gasteiger partial charge is 0.276 e. The monoisotopic (exact) mass is 454 g/mol. The standard InChI is InChI=1S/C21H19ClN6O4/c22-14-2-1-3-15(12-14)31-13-28-7-6-17(24-28)21(29)23-16-4-5-18(20-19(16)25-32-26-20)27-8-10-30-11-9-27/h1-7,12H,8-11,13H2,(H,23,29). The Morgan fingerprint density at radius 2 is 1.97 bits per heavy atom. The second-order valence-electron chi connectivity index (χ2n) is 7.12. The van der Waals surface area contributed by atoms with Crippen LogP contribution < -0.4 is 15.0 Å². The predicted octanol–water partition coefficient (Wildman–Crippen LogP) is 3.20. The predicted molar refractivity (Wildman–Crippen MR) is 117 cm³/mol. The Hall–Kier alpha value is -3.63. The minimum absolute atomic E-state index is 0.138. The highest BCUT2D eigenvalue weighted by Crippen LogP contribution is 2.30. The third kappa shape index (κ3) is 4.23. The molecule has 1 amide bonds. The van der Waals surface area contributed by atoms with Crippen LogP contribution in [0.25, 0.3) is 11.0 Å². The molecule has 4 aromatic rings. The van der Waals surface area contributed by atoms with Crippen LogP contribution in [0.2, 0.25) is 5.02 Å². The molecule has 0 saturated carbocycles. The van der Waals surface area contributed by atoms with Gasteiger partial charge < -0.3 is 19.7 Å². The van der Waals surface area contributed by atoms with Crippen molar-refractivity contribution in [2.45, 2.75) is 6.73 Å². The number of hydrogen-bond acceptors (Lipinski definition) is 8. The van der Waals surface area contributed by atoms with Crippen molar-refractivity contribution in [3.8, 4) is 5.75 Å². The Kier molecular flexibility index (Phi) is 5.61. The van der Waals surface area contributed by atoms with E-state index in [-0.39, 0.29) is 18.3 Å². The summed E-state index contributed by atoms with van der Waals surface area (Å²) in [5, 5.41) is 15.7. The third-order valence-electron chi connectivity index (χ3n) is 5.03. The molecule has 5 rings (SSSR count). The van der Waals surface area contributed by atoms with Crippen molar-refractivity contribution in [2.75, 3.05) is 36.5 Å². The number of carbonyl (C=O) groups excluding carboxylic acids is 1. The zero-order valence-electron chi connectivity index (χ0n) is 16.9. The number of halogens is 1. The van der Waals surface area contributed by atoms with Gasteiger partial charge in [-0.25, -0.2) is 9.31 Å². The summed E-state index contributed by atoms with van der Waals surface area (Å²) >= 11 is 5.96. The van der Waals surface area contributed by atoms with Crippen LogP contribution in [0.5, 0.6) is 5.75 Å². The van der Waals surface area contributed by atoms with Gasteiger partial charge in [0.1, 0.15) is 5.75 Å². The number of morpholine rings is 1. The largest absolute Gasteiger partial charge is 0.471 e. The van der Waals surface area contributed by atoms with E-state index < -0.39 is 0 Å². The van der Waals surface area contributed by atoms with E-state index in [1.807, 2.05) is 6.07 Å². The quantitative estimate of drug-likeness (QED) is 0.473. The summed E-state index contributed by atoms with van der Waals surface area (Å²) < 4.78 is 17.5. The van der Waals surface area contributed by atoms with Crippen LogP contribution in [-0.4, -0.2) is 52.3 Å². The second-order valence-corrected chi connectivity index (χ2v) is 7.55. The summed E-state index contributed by atoms with van der Waals surface area (Å²) in [7, 11) is 0. The van der Waals surface area contributed by atoms with Gasteiger partial charge in [-0.05, 0) is 46.7 Å². The molecular weight excluding hydrogens is 436 g/mol. The fraction of sp³-hybridized carbons (Fsp3) is 0.238. The summed E-state index contributed by atoms with van der Waals surface area (Å²) in [4.78, 5) is 14.9. The first-order valence-electron chi connectivity index (χ1n) is 9.98. The molecule has 1 aliphatic rings. The molecule has 0 bridgehead atoms. The number of amides is 1. The molecule has 0 atom stereocenters. The molecular formula is C21H19ClN6O4. The van der Waals surface area contributed by atoms with Crippen LogP contribution in [-0.2, 0) is 11.5 Å². The maximum Gasteiger partial charge on any atom is 0.276 e. The average molecular weight is 455 g/mol. The number of ether oxygens (including phenoxy) is 2. The molecule has 1 N–H and O–H groups in total. The van der Waals surface area contributed by atoms with Crippen molar-refractivity contribution in [1.82, 2.24) is 20.1 Å².